The number of hydrogen-bond acceptors (Lipinski definition) is 3. The molecule has 3 aliphatic carbocycles. The van der Waals surface area contributed by atoms with Crippen LogP contribution in [-0.4, -0.2) is 40.4 Å². The number of hydrogen-bond donors (Lipinski definition) is 2. The van der Waals surface area contributed by atoms with Crippen molar-refractivity contribution in [1.29, 1.82) is 0 Å². The third-order valence-electron chi connectivity index (χ3n) is 6.86. The maximum atomic E-state index is 11.8. The SMILES string of the molecule is Cc1c(C(=O)O)c2ccccc2n1[C@H](C)C12CC(NC3COC3)(C1)C2. The molecule has 2 heterocycles. The first-order valence-electron chi connectivity index (χ1n) is 9.13. The van der Waals surface area contributed by atoms with Crippen molar-refractivity contribution >= 4 is 16.9 Å². The third-order valence-corrected chi connectivity index (χ3v) is 6.86. The molecular formula is C20H24N2O3. The molecule has 0 unspecified atom stereocenters. The van der Waals surface area contributed by atoms with Gasteiger partial charge in [-0.05, 0) is 44.6 Å². The van der Waals surface area contributed by atoms with Crippen LogP contribution in [0.25, 0.3) is 10.9 Å². The van der Waals surface area contributed by atoms with Gasteiger partial charge in [-0.1, -0.05) is 18.2 Å². The van der Waals surface area contributed by atoms with Crippen LogP contribution in [0, 0.1) is 12.3 Å². The molecule has 0 spiro atoms. The highest BCUT2D eigenvalue weighted by Gasteiger charge is 2.70. The van der Waals surface area contributed by atoms with Gasteiger partial charge in [0.05, 0.1) is 24.8 Å². The van der Waals surface area contributed by atoms with Gasteiger partial charge in [-0.3, -0.25) is 0 Å². The van der Waals surface area contributed by atoms with E-state index in [1.807, 2.05) is 25.1 Å². The molecule has 5 nitrogen and oxygen atoms in total. The van der Waals surface area contributed by atoms with E-state index in [-0.39, 0.29) is 0 Å². The smallest absolute Gasteiger partial charge is 0.338 e. The number of nitrogens with one attached hydrogen (secondary N) is 1. The van der Waals surface area contributed by atoms with E-state index in [0.29, 0.717) is 28.6 Å². The maximum Gasteiger partial charge on any atom is 0.338 e. The fourth-order valence-electron chi connectivity index (χ4n) is 5.65. The number of rotatable bonds is 5. The first-order valence-corrected chi connectivity index (χ1v) is 9.13. The molecule has 1 aromatic heterocycles. The molecule has 1 aromatic carbocycles. The number of benzene rings is 1. The minimum atomic E-state index is -0.833. The molecule has 0 amide bonds. The summed E-state index contributed by atoms with van der Waals surface area (Å²) in [7, 11) is 0. The lowest BCUT2D eigenvalue weighted by Gasteiger charge is -2.74. The predicted molar refractivity (Wildman–Crippen MR) is 95.1 cm³/mol. The number of carboxylic acids is 1. The van der Waals surface area contributed by atoms with E-state index in [2.05, 4.69) is 22.9 Å². The summed E-state index contributed by atoms with van der Waals surface area (Å²) in [5.41, 5.74) is 2.99. The van der Waals surface area contributed by atoms with E-state index in [0.717, 1.165) is 29.8 Å². The van der Waals surface area contributed by atoms with Gasteiger partial charge in [0.25, 0.3) is 0 Å². The molecule has 1 aliphatic heterocycles. The number of nitrogens with zero attached hydrogens (tertiary/aromatic N) is 1. The second-order valence-electron chi connectivity index (χ2n) is 8.38. The highest BCUT2D eigenvalue weighted by molar-refractivity contribution is 6.05. The van der Waals surface area contributed by atoms with Crippen LogP contribution >= 0.6 is 0 Å². The summed E-state index contributed by atoms with van der Waals surface area (Å²) >= 11 is 0. The Hall–Kier alpha value is -1.85. The molecule has 5 heteroatoms. The molecule has 132 valence electrons. The van der Waals surface area contributed by atoms with Crippen LogP contribution in [0.2, 0.25) is 0 Å². The number of carbonyl (C=O) groups is 1. The minimum absolute atomic E-state index is 0.305. The monoisotopic (exact) mass is 340 g/mol. The Morgan fingerprint density at radius 1 is 1.32 bits per heavy atom. The van der Waals surface area contributed by atoms with E-state index in [9.17, 15) is 9.90 Å². The summed E-state index contributed by atoms with van der Waals surface area (Å²) < 4.78 is 7.55. The Kier molecular flexibility index (Phi) is 3.00. The molecule has 2 N–H and O–H groups in total. The molecule has 4 aliphatic rings. The van der Waals surface area contributed by atoms with Gasteiger partial charge in [-0.15, -0.1) is 0 Å². The van der Waals surface area contributed by atoms with Crippen LogP contribution in [0.1, 0.15) is 48.3 Å². The van der Waals surface area contributed by atoms with Gasteiger partial charge in [0.1, 0.15) is 0 Å². The molecule has 1 atom stereocenters. The number of para-hydroxylation sites is 1. The Bertz CT molecular complexity index is 861. The fraction of sp³-hybridized carbons (Fsp3) is 0.550. The van der Waals surface area contributed by atoms with Crippen LogP contribution in [0.15, 0.2) is 24.3 Å². The molecule has 2 bridgehead atoms. The maximum absolute atomic E-state index is 11.8. The number of aromatic carboxylic acids is 1. The second-order valence-corrected chi connectivity index (χ2v) is 8.38. The zero-order chi connectivity index (χ0) is 17.4. The van der Waals surface area contributed by atoms with Crippen molar-refractivity contribution in [3.05, 3.63) is 35.5 Å². The van der Waals surface area contributed by atoms with E-state index in [1.54, 1.807) is 0 Å². The van der Waals surface area contributed by atoms with Crippen molar-refractivity contribution in [2.75, 3.05) is 13.2 Å². The molecule has 3 saturated carbocycles. The zero-order valence-corrected chi connectivity index (χ0v) is 14.7. The lowest BCUT2D eigenvalue weighted by molar-refractivity contribution is -0.197. The zero-order valence-electron chi connectivity index (χ0n) is 14.7. The van der Waals surface area contributed by atoms with Gasteiger partial charge in [0.15, 0.2) is 0 Å². The van der Waals surface area contributed by atoms with Crippen molar-refractivity contribution in [3.63, 3.8) is 0 Å². The number of carboxylic acid groups (broad SMARTS) is 1. The van der Waals surface area contributed by atoms with E-state index in [1.165, 1.54) is 19.3 Å². The predicted octanol–water partition coefficient (Wildman–Crippen LogP) is 3.12. The summed E-state index contributed by atoms with van der Waals surface area (Å²) in [6.45, 7) is 5.90. The summed E-state index contributed by atoms with van der Waals surface area (Å²) in [4.78, 5) is 11.8. The van der Waals surface area contributed by atoms with E-state index in [4.69, 9.17) is 4.74 Å². The van der Waals surface area contributed by atoms with Crippen LogP contribution < -0.4 is 5.32 Å². The van der Waals surface area contributed by atoms with Crippen LogP contribution in [0.3, 0.4) is 0 Å². The van der Waals surface area contributed by atoms with Crippen molar-refractivity contribution < 1.29 is 14.6 Å². The van der Waals surface area contributed by atoms with Gasteiger partial charge in [0.2, 0.25) is 0 Å². The summed E-state index contributed by atoms with van der Waals surface area (Å²) in [5, 5.41) is 14.3. The fourth-order valence-corrected chi connectivity index (χ4v) is 5.65. The van der Waals surface area contributed by atoms with Gasteiger partial charge < -0.3 is 19.7 Å². The van der Waals surface area contributed by atoms with Crippen molar-refractivity contribution in [2.45, 2.75) is 50.7 Å². The first kappa shape index (κ1) is 15.4. The first-order chi connectivity index (χ1) is 11.9. The summed E-state index contributed by atoms with van der Waals surface area (Å²) in [6, 6.07) is 8.74. The minimum Gasteiger partial charge on any atom is -0.478 e. The Labute approximate surface area is 147 Å². The number of ether oxygens (including phenoxy) is 1. The Morgan fingerprint density at radius 2 is 2.00 bits per heavy atom. The van der Waals surface area contributed by atoms with Crippen molar-refractivity contribution in [1.82, 2.24) is 9.88 Å². The molecule has 6 rings (SSSR count). The molecule has 1 saturated heterocycles. The summed E-state index contributed by atoms with van der Waals surface area (Å²) in [6.07, 6.45) is 3.56. The lowest BCUT2D eigenvalue weighted by Crippen LogP contribution is -2.78. The van der Waals surface area contributed by atoms with Gasteiger partial charge in [-0.25, -0.2) is 4.79 Å². The average molecular weight is 340 g/mol. The Morgan fingerprint density at radius 3 is 2.60 bits per heavy atom. The van der Waals surface area contributed by atoms with Crippen molar-refractivity contribution in [2.24, 2.45) is 5.41 Å². The molecule has 0 radical (unpaired) electrons. The number of fused-ring (bicyclic) bond motifs is 1. The van der Waals surface area contributed by atoms with Crippen LogP contribution in [0.5, 0.6) is 0 Å². The second kappa shape index (κ2) is 4.86. The summed E-state index contributed by atoms with van der Waals surface area (Å²) in [5.74, 6) is -0.833. The van der Waals surface area contributed by atoms with Gasteiger partial charge in [-0.2, -0.15) is 0 Å². The quantitative estimate of drug-likeness (QED) is 0.878. The highest BCUT2D eigenvalue weighted by atomic mass is 16.5. The van der Waals surface area contributed by atoms with E-state index >= 15 is 0 Å². The Balaban J connectivity index is 1.47. The third kappa shape index (κ3) is 1.94. The normalized spacial score (nSPS) is 31.9. The van der Waals surface area contributed by atoms with Crippen molar-refractivity contribution in [3.8, 4) is 0 Å². The van der Waals surface area contributed by atoms with Gasteiger partial charge in [0, 0.05) is 28.2 Å². The van der Waals surface area contributed by atoms with Gasteiger partial charge >= 0.3 is 5.97 Å². The average Bonchev–Trinajstić information content (AvgIpc) is 2.74. The standard InChI is InChI=1S/C20H24N2O3/c1-12-17(18(23)24)15-5-3-4-6-16(15)22(12)13(2)19-9-20(10-19,11-19)21-14-7-25-8-14/h3-6,13-14,21H,7-11H2,1-2H3,(H,23,24)/t13-,19?,20?/m1/s1. The molecular weight excluding hydrogens is 316 g/mol. The van der Waals surface area contributed by atoms with Crippen LogP contribution in [-0.2, 0) is 4.74 Å². The number of aromatic nitrogens is 1. The molecule has 25 heavy (non-hydrogen) atoms. The topological polar surface area (TPSA) is 63.5 Å². The van der Waals surface area contributed by atoms with E-state index < -0.39 is 5.97 Å². The van der Waals surface area contributed by atoms with Crippen LogP contribution in [0.4, 0.5) is 0 Å². The largest absolute Gasteiger partial charge is 0.478 e. The molecule has 2 aromatic rings. The lowest BCUT2D eigenvalue weighted by atomic mass is 9.37. The highest BCUT2D eigenvalue weighted by Crippen LogP contribution is 2.72. The molecule has 4 fully saturated rings.